The third-order valence-corrected chi connectivity index (χ3v) is 2.31. The van der Waals surface area contributed by atoms with Crippen molar-refractivity contribution in [2.24, 2.45) is 5.92 Å². The molecule has 2 nitrogen and oxygen atoms in total. The molecule has 2 atom stereocenters. The second kappa shape index (κ2) is 5.41. The van der Waals surface area contributed by atoms with Gasteiger partial charge in [0.25, 0.3) is 0 Å². The van der Waals surface area contributed by atoms with E-state index in [9.17, 15) is 0 Å². The Labute approximate surface area is 85.8 Å². The molecule has 0 aliphatic rings. The monoisotopic (exact) mass is 188 g/mol. The SMILES string of the molecule is CNC(C)C(C)C#Cc1cccnc1. The minimum atomic E-state index is 0.347. The maximum atomic E-state index is 4.01. The predicted octanol–water partition coefficient (Wildman–Crippen LogP) is 1.68. The Balaban J connectivity index is 2.64. The zero-order valence-electron chi connectivity index (χ0n) is 8.91. The Kier molecular flexibility index (Phi) is 4.15. The van der Waals surface area contributed by atoms with Crippen LogP contribution >= 0.6 is 0 Å². The molecule has 74 valence electrons. The first kappa shape index (κ1) is 10.7. The van der Waals surface area contributed by atoms with Crippen LogP contribution in [0.4, 0.5) is 0 Å². The minimum Gasteiger partial charge on any atom is -0.316 e. The van der Waals surface area contributed by atoms with E-state index in [4.69, 9.17) is 0 Å². The highest BCUT2D eigenvalue weighted by Gasteiger charge is 2.04. The molecule has 1 aromatic heterocycles. The third kappa shape index (κ3) is 3.20. The quantitative estimate of drug-likeness (QED) is 0.714. The molecule has 0 amide bonds. The van der Waals surface area contributed by atoms with Gasteiger partial charge in [0, 0.05) is 29.9 Å². The van der Waals surface area contributed by atoms with Crippen LogP contribution in [0, 0.1) is 17.8 Å². The van der Waals surface area contributed by atoms with Gasteiger partial charge in [0.05, 0.1) is 0 Å². The van der Waals surface area contributed by atoms with Crippen LogP contribution in [0.1, 0.15) is 19.4 Å². The lowest BCUT2D eigenvalue weighted by molar-refractivity contribution is 0.511. The summed E-state index contributed by atoms with van der Waals surface area (Å²) >= 11 is 0. The molecule has 1 N–H and O–H groups in total. The summed E-state index contributed by atoms with van der Waals surface area (Å²) in [6, 6.07) is 4.28. The first-order valence-corrected chi connectivity index (χ1v) is 4.83. The van der Waals surface area contributed by atoms with Crippen molar-refractivity contribution in [2.45, 2.75) is 19.9 Å². The number of hydrogen-bond acceptors (Lipinski definition) is 2. The standard InChI is InChI=1S/C12H16N2/c1-10(11(2)13-3)6-7-12-5-4-8-14-9-12/h4-5,8-11,13H,1-3H3. The van der Waals surface area contributed by atoms with Gasteiger partial charge in [-0.1, -0.05) is 11.8 Å². The molecule has 0 saturated carbocycles. The molecular formula is C12H16N2. The first-order chi connectivity index (χ1) is 6.74. The summed E-state index contributed by atoms with van der Waals surface area (Å²) in [5, 5.41) is 3.18. The molecule has 1 heterocycles. The van der Waals surface area contributed by atoms with Gasteiger partial charge >= 0.3 is 0 Å². The molecule has 0 saturated heterocycles. The lowest BCUT2D eigenvalue weighted by atomic mass is 10.0. The van der Waals surface area contributed by atoms with E-state index >= 15 is 0 Å². The Bertz CT molecular complexity index is 321. The van der Waals surface area contributed by atoms with Gasteiger partial charge in [-0.25, -0.2) is 0 Å². The maximum Gasteiger partial charge on any atom is 0.0428 e. The van der Waals surface area contributed by atoms with Crippen LogP contribution in [0.5, 0.6) is 0 Å². The van der Waals surface area contributed by atoms with Crippen molar-refractivity contribution < 1.29 is 0 Å². The Hall–Kier alpha value is -1.33. The smallest absolute Gasteiger partial charge is 0.0428 e. The van der Waals surface area contributed by atoms with Crippen molar-refractivity contribution in [1.29, 1.82) is 0 Å². The summed E-state index contributed by atoms with van der Waals surface area (Å²) in [6.07, 6.45) is 3.54. The summed E-state index contributed by atoms with van der Waals surface area (Å²) in [6.45, 7) is 4.24. The topological polar surface area (TPSA) is 24.9 Å². The third-order valence-electron chi connectivity index (χ3n) is 2.31. The summed E-state index contributed by atoms with van der Waals surface area (Å²) in [7, 11) is 1.95. The van der Waals surface area contributed by atoms with Crippen molar-refractivity contribution in [1.82, 2.24) is 10.3 Å². The molecule has 2 heteroatoms. The van der Waals surface area contributed by atoms with E-state index in [-0.39, 0.29) is 0 Å². The fourth-order valence-corrected chi connectivity index (χ4v) is 1.01. The zero-order valence-corrected chi connectivity index (χ0v) is 8.91. The van der Waals surface area contributed by atoms with Crippen LogP contribution < -0.4 is 5.32 Å². The molecule has 0 aliphatic heterocycles. The molecule has 14 heavy (non-hydrogen) atoms. The molecule has 0 bridgehead atoms. The number of pyridine rings is 1. The number of aromatic nitrogens is 1. The number of nitrogens with zero attached hydrogens (tertiary/aromatic N) is 1. The molecule has 0 fully saturated rings. The van der Waals surface area contributed by atoms with Crippen molar-refractivity contribution in [3.05, 3.63) is 30.1 Å². The van der Waals surface area contributed by atoms with Crippen LogP contribution in [-0.2, 0) is 0 Å². The van der Waals surface area contributed by atoms with Gasteiger partial charge in [0.1, 0.15) is 0 Å². The molecular weight excluding hydrogens is 172 g/mol. The van der Waals surface area contributed by atoms with Crippen LogP contribution in [-0.4, -0.2) is 18.1 Å². The molecule has 0 aliphatic carbocycles. The lowest BCUT2D eigenvalue weighted by Crippen LogP contribution is -2.27. The van der Waals surface area contributed by atoms with Gasteiger partial charge in [-0.3, -0.25) is 4.98 Å². The molecule has 1 rings (SSSR count). The van der Waals surface area contributed by atoms with Gasteiger partial charge < -0.3 is 5.32 Å². The van der Waals surface area contributed by atoms with Crippen molar-refractivity contribution in [3.8, 4) is 11.8 Å². The molecule has 0 aromatic carbocycles. The number of hydrogen-bond donors (Lipinski definition) is 1. The fourth-order valence-electron chi connectivity index (χ4n) is 1.01. The Morgan fingerprint density at radius 2 is 2.21 bits per heavy atom. The number of rotatable bonds is 2. The summed E-state index contributed by atoms with van der Waals surface area (Å²) in [5.74, 6) is 6.65. The fraction of sp³-hybridized carbons (Fsp3) is 0.417. The highest BCUT2D eigenvalue weighted by atomic mass is 14.9. The average molecular weight is 188 g/mol. The van der Waals surface area contributed by atoms with E-state index < -0.39 is 0 Å². The zero-order chi connectivity index (χ0) is 10.4. The van der Waals surface area contributed by atoms with Crippen LogP contribution in [0.2, 0.25) is 0 Å². The van der Waals surface area contributed by atoms with Gasteiger partial charge in [0.15, 0.2) is 0 Å². The van der Waals surface area contributed by atoms with Gasteiger partial charge in [-0.15, -0.1) is 0 Å². The predicted molar refractivity (Wildman–Crippen MR) is 58.8 cm³/mol. The van der Waals surface area contributed by atoms with Crippen molar-refractivity contribution in [2.75, 3.05) is 7.05 Å². The molecule has 0 spiro atoms. The van der Waals surface area contributed by atoms with E-state index in [1.54, 1.807) is 12.4 Å². The second-order valence-electron chi connectivity index (χ2n) is 3.38. The van der Waals surface area contributed by atoms with E-state index in [0.29, 0.717) is 12.0 Å². The van der Waals surface area contributed by atoms with E-state index in [0.717, 1.165) is 5.56 Å². The Morgan fingerprint density at radius 3 is 2.79 bits per heavy atom. The highest BCUT2D eigenvalue weighted by molar-refractivity contribution is 5.31. The average Bonchev–Trinajstić information content (AvgIpc) is 2.26. The van der Waals surface area contributed by atoms with Gasteiger partial charge in [0.2, 0.25) is 0 Å². The molecule has 2 unspecified atom stereocenters. The van der Waals surface area contributed by atoms with Crippen LogP contribution in [0.3, 0.4) is 0 Å². The molecule has 0 radical (unpaired) electrons. The summed E-state index contributed by atoms with van der Waals surface area (Å²) < 4.78 is 0. The van der Waals surface area contributed by atoms with E-state index in [1.807, 2.05) is 19.2 Å². The maximum absolute atomic E-state index is 4.01. The lowest BCUT2D eigenvalue weighted by Gasteiger charge is -2.12. The summed E-state index contributed by atoms with van der Waals surface area (Å²) in [5.41, 5.74) is 0.975. The van der Waals surface area contributed by atoms with E-state index in [1.165, 1.54) is 0 Å². The normalized spacial score (nSPS) is 13.9. The highest BCUT2D eigenvalue weighted by Crippen LogP contribution is 2.00. The second-order valence-corrected chi connectivity index (χ2v) is 3.38. The Morgan fingerprint density at radius 1 is 1.43 bits per heavy atom. The van der Waals surface area contributed by atoms with Gasteiger partial charge in [-0.2, -0.15) is 0 Å². The van der Waals surface area contributed by atoms with Crippen LogP contribution in [0.15, 0.2) is 24.5 Å². The first-order valence-electron chi connectivity index (χ1n) is 4.83. The van der Waals surface area contributed by atoms with Gasteiger partial charge in [-0.05, 0) is 33.0 Å². The van der Waals surface area contributed by atoms with E-state index in [2.05, 4.69) is 36.0 Å². The number of nitrogens with one attached hydrogen (secondary N) is 1. The van der Waals surface area contributed by atoms with Crippen LogP contribution in [0.25, 0.3) is 0 Å². The van der Waals surface area contributed by atoms with Crippen molar-refractivity contribution in [3.63, 3.8) is 0 Å². The summed E-state index contributed by atoms with van der Waals surface area (Å²) in [4.78, 5) is 4.01. The minimum absolute atomic E-state index is 0.347. The van der Waals surface area contributed by atoms with Crippen molar-refractivity contribution >= 4 is 0 Å². The largest absolute Gasteiger partial charge is 0.316 e. The molecule has 1 aromatic rings.